The third-order valence-electron chi connectivity index (χ3n) is 4.86. The minimum Gasteiger partial charge on any atom is -0.354 e. The summed E-state index contributed by atoms with van der Waals surface area (Å²) in [5.74, 6) is 0.121. The van der Waals surface area contributed by atoms with Gasteiger partial charge < -0.3 is 9.88 Å². The molecule has 2 heterocycles. The predicted molar refractivity (Wildman–Crippen MR) is 102 cm³/mol. The molecule has 0 bridgehead atoms. The first-order valence-corrected chi connectivity index (χ1v) is 8.91. The van der Waals surface area contributed by atoms with Crippen molar-refractivity contribution in [3.05, 3.63) is 77.5 Å². The van der Waals surface area contributed by atoms with Gasteiger partial charge in [-0.15, -0.1) is 0 Å². The van der Waals surface area contributed by atoms with Crippen LogP contribution in [-0.2, 0) is 17.8 Å². The molecule has 1 aromatic heterocycles. The average molecular weight is 330 g/mol. The van der Waals surface area contributed by atoms with Crippen molar-refractivity contribution in [3.63, 3.8) is 0 Å². The third kappa shape index (κ3) is 2.86. The van der Waals surface area contributed by atoms with Gasteiger partial charge in [-0.25, -0.2) is 0 Å². The highest BCUT2D eigenvalue weighted by molar-refractivity contribution is 6.20. The Morgan fingerprint density at radius 2 is 1.84 bits per heavy atom. The Morgan fingerprint density at radius 1 is 1.08 bits per heavy atom. The molecule has 0 unspecified atom stereocenters. The van der Waals surface area contributed by atoms with Gasteiger partial charge >= 0.3 is 0 Å². The third-order valence-corrected chi connectivity index (χ3v) is 4.86. The molecule has 1 aliphatic heterocycles. The Morgan fingerprint density at radius 3 is 2.64 bits per heavy atom. The number of nitrogens with zero attached hydrogens (tertiary/aromatic N) is 1. The van der Waals surface area contributed by atoms with Gasteiger partial charge in [0.15, 0.2) is 0 Å². The lowest BCUT2D eigenvalue weighted by molar-refractivity contribution is -0.125. The molecule has 0 fully saturated rings. The molecule has 0 atom stereocenters. The maximum atomic E-state index is 13.2. The second-order valence-corrected chi connectivity index (χ2v) is 6.51. The van der Waals surface area contributed by atoms with E-state index in [9.17, 15) is 4.79 Å². The highest BCUT2D eigenvalue weighted by Gasteiger charge is 2.28. The van der Waals surface area contributed by atoms with E-state index in [-0.39, 0.29) is 5.91 Å². The Kier molecular flexibility index (Phi) is 4.14. The minimum absolute atomic E-state index is 0.121. The van der Waals surface area contributed by atoms with E-state index in [1.165, 1.54) is 16.5 Å². The number of benzene rings is 2. The number of amides is 1. The normalized spacial score (nSPS) is 16.3. The van der Waals surface area contributed by atoms with E-state index < -0.39 is 0 Å². The standard InChI is InChI=1S/C22H22N2O/c1-2-8-19-21-18(17-11-6-7-12-20(17)23-21)13-14-24(22(19)25)15-16-9-4-3-5-10-16/h3-12,23H,2,13-15H2,1H3/b19-8+. The zero-order chi connectivity index (χ0) is 17.2. The maximum absolute atomic E-state index is 13.2. The highest BCUT2D eigenvalue weighted by Crippen LogP contribution is 2.32. The van der Waals surface area contributed by atoms with Crippen LogP contribution in [0.4, 0.5) is 0 Å². The molecule has 3 nitrogen and oxygen atoms in total. The summed E-state index contributed by atoms with van der Waals surface area (Å²) in [6.07, 6.45) is 3.77. The van der Waals surface area contributed by atoms with Crippen LogP contribution in [-0.4, -0.2) is 22.3 Å². The Balaban J connectivity index is 1.75. The molecule has 3 heteroatoms. The molecule has 4 rings (SSSR count). The first kappa shape index (κ1) is 15.7. The minimum atomic E-state index is 0.121. The van der Waals surface area contributed by atoms with Crippen molar-refractivity contribution < 1.29 is 4.79 Å². The lowest BCUT2D eigenvalue weighted by Crippen LogP contribution is -2.31. The van der Waals surface area contributed by atoms with Crippen LogP contribution >= 0.6 is 0 Å². The second-order valence-electron chi connectivity index (χ2n) is 6.51. The molecule has 25 heavy (non-hydrogen) atoms. The fraction of sp³-hybridized carbons (Fsp3) is 0.227. The number of nitrogens with one attached hydrogen (secondary N) is 1. The van der Waals surface area contributed by atoms with Gasteiger partial charge in [-0.3, -0.25) is 4.79 Å². The topological polar surface area (TPSA) is 36.1 Å². The average Bonchev–Trinajstić information content (AvgIpc) is 2.96. The maximum Gasteiger partial charge on any atom is 0.255 e. The molecule has 0 saturated carbocycles. The smallest absolute Gasteiger partial charge is 0.255 e. The van der Waals surface area contributed by atoms with Gasteiger partial charge in [-0.1, -0.05) is 61.5 Å². The van der Waals surface area contributed by atoms with Gasteiger partial charge in [0.05, 0.1) is 11.3 Å². The molecule has 3 aromatic rings. The Labute approximate surface area is 148 Å². The fourth-order valence-corrected chi connectivity index (χ4v) is 3.66. The van der Waals surface area contributed by atoms with Crippen LogP contribution in [0.2, 0.25) is 0 Å². The number of H-pyrrole nitrogens is 1. The van der Waals surface area contributed by atoms with E-state index in [0.717, 1.165) is 36.2 Å². The zero-order valence-corrected chi connectivity index (χ0v) is 14.5. The molecular formula is C22H22N2O. The van der Waals surface area contributed by atoms with Crippen LogP contribution in [0.3, 0.4) is 0 Å². The van der Waals surface area contributed by atoms with E-state index in [1.54, 1.807) is 0 Å². The number of hydrogen-bond donors (Lipinski definition) is 1. The van der Waals surface area contributed by atoms with Crippen molar-refractivity contribution in [2.24, 2.45) is 0 Å². The van der Waals surface area contributed by atoms with Gasteiger partial charge in [0.25, 0.3) is 5.91 Å². The fourth-order valence-electron chi connectivity index (χ4n) is 3.66. The van der Waals surface area contributed by atoms with Crippen LogP contribution in [0.5, 0.6) is 0 Å². The molecule has 1 aliphatic rings. The lowest BCUT2D eigenvalue weighted by Gasteiger charge is -2.21. The molecule has 1 N–H and O–H groups in total. The van der Waals surface area contributed by atoms with Crippen molar-refractivity contribution >= 4 is 22.4 Å². The lowest BCUT2D eigenvalue weighted by atomic mass is 10.0. The summed E-state index contributed by atoms with van der Waals surface area (Å²) in [7, 11) is 0. The van der Waals surface area contributed by atoms with Crippen molar-refractivity contribution in [2.45, 2.75) is 26.3 Å². The quantitative estimate of drug-likeness (QED) is 0.703. The van der Waals surface area contributed by atoms with Crippen molar-refractivity contribution in [2.75, 3.05) is 6.54 Å². The Hall–Kier alpha value is -2.81. The number of para-hydroxylation sites is 1. The van der Waals surface area contributed by atoms with Gasteiger partial charge in [-0.2, -0.15) is 0 Å². The number of carbonyl (C=O) groups excluding carboxylic acids is 1. The second kappa shape index (κ2) is 6.60. The Bertz CT molecular complexity index is 937. The predicted octanol–water partition coefficient (Wildman–Crippen LogP) is 4.55. The number of rotatable bonds is 3. The first-order valence-electron chi connectivity index (χ1n) is 8.91. The zero-order valence-electron chi connectivity index (χ0n) is 14.5. The van der Waals surface area contributed by atoms with Crippen LogP contribution in [0.1, 0.15) is 30.2 Å². The summed E-state index contributed by atoms with van der Waals surface area (Å²) in [6.45, 7) is 3.47. The number of aromatic amines is 1. The summed E-state index contributed by atoms with van der Waals surface area (Å²) < 4.78 is 0. The molecule has 2 aromatic carbocycles. The summed E-state index contributed by atoms with van der Waals surface area (Å²) in [4.78, 5) is 18.7. The van der Waals surface area contributed by atoms with Crippen molar-refractivity contribution in [1.82, 2.24) is 9.88 Å². The summed E-state index contributed by atoms with van der Waals surface area (Å²) in [6, 6.07) is 18.5. The summed E-state index contributed by atoms with van der Waals surface area (Å²) >= 11 is 0. The van der Waals surface area contributed by atoms with Gasteiger partial charge in [0, 0.05) is 24.0 Å². The largest absolute Gasteiger partial charge is 0.354 e. The molecule has 126 valence electrons. The number of allylic oxidation sites excluding steroid dienone is 1. The highest BCUT2D eigenvalue weighted by atomic mass is 16.2. The number of fused-ring (bicyclic) bond motifs is 3. The van der Waals surface area contributed by atoms with Crippen LogP contribution < -0.4 is 0 Å². The molecule has 0 saturated heterocycles. The van der Waals surface area contributed by atoms with Crippen LogP contribution in [0, 0.1) is 0 Å². The van der Waals surface area contributed by atoms with Crippen molar-refractivity contribution in [1.29, 1.82) is 0 Å². The van der Waals surface area contributed by atoms with E-state index >= 15 is 0 Å². The molecule has 0 spiro atoms. The number of aromatic nitrogens is 1. The SMILES string of the molecule is CC/C=C1/C(=O)N(Cc2ccccc2)CCc2c1[nH]c1ccccc21. The molecule has 0 aliphatic carbocycles. The van der Waals surface area contributed by atoms with Crippen molar-refractivity contribution in [3.8, 4) is 0 Å². The van der Waals surface area contributed by atoms with E-state index in [4.69, 9.17) is 0 Å². The molecule has 1 amide bonds. The molecular weight excluding hydrogens is 308 g/mol. The van der Waals surface area contributed by atoms with Gasteiger partial charge in [0.2, 0.25) is 0 Å². The number of carbonyl (C=O) groups is 1. The summed E-state index contributed by atoms with van der Waals surface area (Å²) in [5.41, 5.74) is 5.35. The first-order chi connectivity index (χ1) is 12.3. The van der Waals surface area contributed by atoms with E-state index in [0.29, 0.717) is 6.54 Å². The van der Waals surface area contributed by atoms with E-state index in [1.807, 2.05) is 29.2 Å². The van der Waals surface area contributed by atoms with Crippen LogP contribution in [0.25, 0.3) is 16.5 Å². The number of hydrogen-bond acceptors (Lipinski definition) is 1. The van der Waals surface area contributed by atoms with Crippen LogP contribution in [0.15, 0.2) is 60.7 Å². The van der Waals surface area contributed by atoms with Gasteiger partial charge in [-0.05, 0) is 30.0 Å². The van der Waals surface area contributed by atoms with E-state index in [2.05, 4.69) is 48.3 Å². The monoisotopic (exact) mass is 330 g/mol. The summed E-state index contributed by atoms with van der Waals surface area (Å²) in [5, 5.41) is 1.23. The van der Waals surface area contributed by atoms with Gasteiger partial charge in [0.1, 0.15) is 0 Å². The molecule has 0 radical (unpaired) electrons.